The van der Waals surface area contributed by atoms with E-state index in [9.17, 15) is 4.79 Å². The van der Waals surface area contributed by atoms with Gasteiger partial charge in [0, 0.05) is 19.2 Å². The fraction of sp³-hybridized carbons (Fsp3) is 0.462. The molecule has 2 aromatic rings. The number of carbonyl (C=O) groups is 1. The first-order valence-electron chi connectivity index (χ1n) is 6.46. The fourth-order valence-electron chi connectivity index (χ4n) is 1.71. The van der Waals surface area contributed by atoms with E-state index in [-0.39, 0.29) is 0 Å². The van der Waals surface area contributed by atoms with E-state index < -0.39 is 8.07 Å². The van der Waals surface area contributed by atoms with Gasteiger partial charge in [-0.2, -0.15) is 5.10 Å². The number of halogens is 1. The zero-order valence-electron chi connectivity index (χ0n) is 11.9. The maximum atomic E-state index is 10.8. The van der Waals surface area contributed by atoms with Crippen molar-refractivity contribution in [2.75, 3.05) is 6.61 Å². The molecular formula is C13H18BrN3O2Si. The lowest BCUT2D eigenvalue weighted by Crippen LogP contribution is -2.22. The number of carbonyl (C=O) groups excluding carboxylic acids is 1. The number of hydrogen-bond donors (Lipinski definition) is 0. The van der Waals surface area contributed by atoms with Crippen LogP contribution in [0.1, 0.15) is 10.5 Å². The average Bonchev–Trinajstić information content (AvgIpc) is 2.75. The maximum Gasteiger partial charge on any atom is 0.169 e. The molecule has 0 radical (unpaired) electrons. The number of fused-ring (bicyclic) bond motifs is 1. The maximum absolute atomic E-state index is 10.8. The van der Waals surface area contributed by atoms with Crippen LogP contribution in [0, 0.1) is 0 Å². The van der Waals surface area contributed by atoms with Crippen LogP contribution in [0.3, 0.4) is 0 Å². The molecule has 2 heterocycles. The minimum absolute atomic E-state index is 0.386. The summed E-state index contributed by atoms with van der Waals surface area (Å²) in [5, 5.41) is 4.25. The summed E-state index contributed by atoms with van der Waals surface area (Å²) in [5.74, 6) is 0. The molecule has 5 nitrogen and oxygen atoms in total. The van der Waals surface area contributed by atoms with Crippen LogP contribution in [-0.2, 0) is 11.5 Å². The van der Waals surface area contributed by atoms with Crippen molar-refractivity contribution in [1.29, 1.82) is 0 Å². The molecule has 0 bridgehead atoms. The van der Waals surface area contributed by atoms with Crippen LogP contribution >= 0.6 is 15.9 Å². The molecule has 0 fully saturated rings. The number of ether oxygens (including phenoxy) is 1. The van der Waals surface area contributed by atoms with Gasteiger partial charge in [-0.15, -0.1) is 0 Å². The average molecular weight is 356 g/mol. The highest BCUT2D eigenvalue weighted by atomic mass is 79.9. The first kappa shape index (κ1) is 15.3. The quantitative estimate of drug-likeness (QED) is 0.453. The first-order chi connectivity index (χ1) is 9.40. The second-order valence-corrected chi connectivity index (χ2v) is 12.3. The minimum atomic E-state index is -1.07. The molecule has 0 amide bonds. The molecule has 108 valence electrons. The van der Waals surface area contributed by atoms with Gasteiger partial charge in [0.05, 0.1) is 11.7 Å². The Morgan fingerprint density at radius 2 is 2.20 bits per heavy atom. The van der Waals surface area contributed by atoms with Gasteiger partial charge in [-0.3, -0.25) is 4.79 Å². The zero-order valence-corrected chi connectivity index (χ0v) is 14.5. The van der Waals surface area contributed by atoms with Gasteiger partial charge < -0.3 is 4.74 Å². The predicted octanol–water partition coefficient (Wildman–Crippen LogP) is 3.32. The Labute approximate surface area is 127 Å². The molecule has 0 aliphatic rings. The van der Waals surface area contributed by atoms with Crippen LogP contribution in [-0.4, -0.2) is 35.7 Å². The summed E-state index contributed by atoms with van der Waals surface area (Å²) in [6, 6.07) is 2.98. The van der Waals surface area contributed by atoms with Crippen LogP contribution in [0.5, 0.6) is 0 Å². The molecule has 0 unspecified atom stereocenters. The molecule has 0 atom stereocenters. The number of aromatic nitrogens is 3. The molecule has 0 saturated carbocycles. The standard InChI is InChI=1S/C13H18BrN3O2Si/c1-20(2,3)5-4-19-9-17-13-6-10(14)12(8-18)16-11(13)7-15-17/h6-8H,4-5,9H2,1-3H3. The number of pyridine rings is 1. The van der Waals surface area contributed by atoms with Crippen molar-refractivity contribution in [3.8, 4) is 0 Å². The predicted molar refractivity (Wildman–Crippen MR) is 84.7 cm³/mol. The van der Waals surface area contributed by atoms with E-state index >= 15 is 0 Å². The van der Waals surface area contributed by atoms with Crippen LogP contribution < -0.4 is 0 Å². The normalized spacial score (nSPS) is 12.0. The summed E-state index contributed by atoms with van der Waals surface area (Å²) >= 11 is 3.33. The summed E-state index contributed by atoms with van der Waals surface area (Å²) in [4.78, 5) is 15.1. The Bertz CT molecular complexity index is 622. The van der Waals surface area contributed by atoms with Gasteiger partial charge in [-0.05, 0) is 28.0 Å². The van der Waals surface area contributed by atoms with Gasteiger partial charge in [-0.1, -0.05) is 19.6 Å². The summed E-state index contributed by atoms with van der Waals surface area (Å²) in [6.07, 6.45) is 2.38. The SMILES string of the molecule is C[Si](C)(C)CCOCn1ncc2nc(C=O)c(Br)cc21. The van der Waals surface area contributed by atoms with E-state index in [1.165, 1.54) is 0 Å². The number of rotatable bonds is 6. The van der Waals surface area contributed by atoms with Gasteiger partial charge in [0.25, 0.3) is 0 Å². The Hall–Kier alpha value is -1.05. The summed E-state index contributed by atoms with van der Waals surface area (Å²) in [6.45, 7) is 8.12. The molecule has 0 saturated heterocycles. The van der Waals surface area contributed by atoms with E-state index in [4.69, 9.17) is 4.74 Å². The van der Waals surface area contributed by atoms with Crippen LogP contribution in [0.15, 0.2) is 16.7 Å². The third-order valence-electron chi connectivity index (χ3n) is 2.93. The lowest BCUT2D eigenvalue weighted by Gasteiger charge is -2.15. The highest BCUT2D eigenvalue weighted by Gasteiger charge is 2.13. The van der Waals surface area contributed by atoms with Crippen LogP contribution in [0.4, 0.5) is 0 Å². The van der Waals surface area contributed by atoms with Crippen molar-refractivity contribution in [2.24, 2.45) is 0 Å². The Kier molecular flexibility index (Phi) is 4.72. The van der Waals surface area contributed by atoms with Gasteiger partial charge in [0.15, 0.2) is 6.29 Å². The second kappa shape index (κ2) is 6.15. The molecule has 7 heteroatoms. The monoisotopic (exact) mass is 355 g/mol. The molecule has 0 aliphatic heterocycles. The van der Waals surface area contributed by atoms with Gasteiger partial charge in [0.2, 0.25) is 0 Å². The van der Waals surface area contributed by atoms with Crippen molar-refractivity contribution in [2.45, 2.75) is 32.4 Å². The van der Waals surface area contributed by atoms with Crippen molar-refractivity contribution < 1.29 is 9.53 Å². The Balaban J connectivity index is 2.08. The molecule has 20 heavy (non-hydrogen) atoms. The number of hydrogen-bond acceptors (Lipinski definition) is 4. The molecule has 0 spiro atoms. The molecular weight excluding hydrogens is 338 g/mol. The molecule has 0 aliphatic carbocycles. The van der Waals surface area contributed by atoms with E-state index in [0.717, 1.165) is 24.5 Å². The summed E-state index contributed by atoms with van der Waals surface area (Å²) < 4.78 is 8.11. The Morgan fingerprint density at radius 1 is 1.45 bits per heavy atom. The van der Waals surface area contributed by atoms with Crippen molar-refractivity contribution in [3.63, 3.8) is 0 Å². The number of nitrogens with zero attached hydrogens (tertiary/aromatic N) is 3. The minimum Gasteiger partial charge on any atom is -0.360 e. The third-order valence-corrected chi connectivity index (χ3v) is 5.27. The van der Waals surface area contributed by atoms with Gasteiger partial charge in [0.1, 0.15) is 17.9 Å². The van der Waals surface area contributed by atoms with Gasteiger partial charge in [-0.25, -0.2) is 9.67 Å². The van der Waals surface area contributed by atoms with Crippen LogP contribution in [0.2, 0.25) is 25.7 Å². The molecule has 0 aromatic carbocycles. The first-order valence-corrected chi connectivity index (χ1v) is 11.0. The molecule has 2 aromatic heterocycles. The lowest BCUT2D eigenvalue weighted by molar-refractivity contribution is 0.0817. The van der Waals surface area contributed by atoms with Crippen LogP contribution in [0.25, 0.3) is 11.0 Å². The van der Waals surface area contributed by atoms with E-state index in [2.05, 4.69) is 45.7 Å². The summed E-state index contributed by atoms with van der Waals surface area (Å²) in [5.41, 5.74) is 1.94. The number of aldehydes is 1. The topological polar surface area (TPSA) is 57.0 Å². The zero-order chi connectivity index (χ0) is 14.8. The largest absolute Gasteiger partial charge is 0.360 e. The lowest BCUT2D eigenvalue weighted by atomic mass is 10.3. The fourth-order valence-corrected chi connectivity index (χ4v) is 2.87. The van der Waals surface area contributed by atoms with Gasteiger partial charge >= 0.3 is 0 Å². The Morgan fingerprint density at radius 3 is 2.85 bits per heavy atom. The van der Waals surface area contributed by atoms with E-state index in [1.807, 2.05) is 6.07 Å². The van der Waals surface area contributed by atoms with E-state index in [0.29, 0.717) is 22.4 Å². The molecule has 2 rings (SSSR count). The van der Waals surface area contributed by atoms with Crippen molar-refractivity contribution in [1.82, 2.24) is 14.8 Å². The van der Waals surface area contributed by atoms with E-state index in [1.54, 1.807) is 10.9 Å². The molecule has 0 N–H and O–H groups in total. The summed E-state index contributed by atoms with van der Waals surface area (Å²) in [7, 11) is -1.07. The van der Waals surface area contributed by atoms with Crippen molar-refractivity contribution >= 4 is 41.3 Å². The second-order valence-electron chi connectivity index (χ2n) is 5.87. The smallest absolute Gasteiger partial charge is 0.169 e. The van der Waals surface area contributed by atoms with Crippen molar-refractivity contribution in [3.05, 3.63) is 22.4 Å². The highest BCUT2D eigenvalue weighted by molar-refractivity contribution is 9.10. The third kappa shape index (κ3) is 3.74. The highest BCUT2D eigenvalue weighted by Crippen LogP contribution is 2.20.